The summed E-state index contributed by atoms with van der Waals surface area (Å²) in [4.78, 5) is 4.39. The van der Waals surface area contributed by atoms with Crippen LogP contribution in [-0.4, -0.2) is 26.0 Å². The van der Waals surface area contributed by atoms with Crippen molar-refractivity contribution >= 4 is 0 Å². The first-order valence-electron chi connectivity index (χ1n) is 7.15. The number of rotatable bonds is 8. The highest BCUT2D eigenvalue weighted by molar-refractivity contribution is 4.87. The van der Waals surface area contributed by atoms with Crippen LogP contribution in [0.3, 0.4) is 0 Å². The van der Waals surface area contributed by atoms with E-state index in [4.69, 9.17) is 4.52 Å². The van der Waals surface area contributed by atoms with Crippen LogP contribution < -0.4 is 5.32 Å². The van der Waals surface area contributed by atoms with Crippen molar-refractivity contribution in [3.8, 4) is 0 Å². The van der Waals surface area contributed by atoms with E-state index < -0.39 is 0 Å². The molecule has 0 spiro atoms. The molecule has 2 aromatic rings. The molecule has 0 fully saturated rings. The summed E-state index contributed by atoms with van der Waals surface area (Å²) in [6.07, 6.45) is 5.70. The van der Waals surface area contributed by atoms with Crippen LogP contribution in [0.4, 0.5) is 0 Å². The van der Waals surface area contributed by atoms with E-state index in [9.17, 15) is 0 Å². The number of hydrogen-bond acceptors (Lipinski definition) is 5. The van der Waals surface area contributed by atoms with E-state index in [1.165, 1.54) is 0 Å². The maximum atomic E-state index is 5.24. The molecule has 1 N–H and O–H groups in total. The van der Waals surface area contributed by atoms with Gasteiger partial charge in [-0.25, -0.2) is 0 Å². The molecular formula is C14H23N5O. The lowest BCUT2D eigenvalue weighted by molar-refractivity contribution is 0.346. The maximum absolute atomic E-state index is 5.24. The third kappa shape index (κ3) is 4.77. The van der Waals surface area contributed by atoms with Crippen molar-refractivity contribution in [2.45, 2.75) is 52.7 Å². The van der Waals surface area contributed by atoms with E-state index in [2.05, 4.69) is 41.3 Å². The number of aromatic nitrogens is 4. The largest absolute Gasteiger partial charge is 0.338 e. The first-order valence-corrected chi connectivity index (χ1v) is 7.15. The summed E-state index contributed by atoms with van der Waals surface area (Å²) < 4.78 is 7.14. The molecule has 0 saturated carbocycles. The highest BCUT2D eigenvalue weighted by Gasteiger charge is 2.09. The molecule has 20 heavy (non-hydrogen) atoms. The lowest BCUT2D eigenvalue weighted by atomic mass is 10.1. The fourth-order valence-corrected chi connectivity index (χ4v) is 1.90. The van der Waals surface area contributed by atoms with Crippen LogP contribution in [0.5, 0.6) is 0 Å². The molecule has 110 valence electrons. The third-order valence-electron chi connectivity index (χ3n) is 3.08. The van der Waals surface area contributed by atoms with Crippen molar-refractivity contribution < 1.29 is 4.52 Å². The van der Waals surface area contributed by atoms with Gasteiger partial charge in [-0.2, -0.15) is 10.1 Å². The Morgan fingerprint density at radius 1 is 1.35 bits per heavy atom. The van der Waals surface area contributed by atoms with Gasteiger partial charge in [0.15, 0.2) is 5.82 Å². The standard InChI is InChI=1S/C14H23N5O/c1-11(2)5-6-13-17-14(20-18-13)9-15-12(3)10-19-8-4-7-16-19/h4,7-8,11-12,15H,5-6,9-10H2,1-3H3/t12-/m0/s1. The SMILES string of the molecule is CC(C)CCc1noc(CN[C@@H](C)Cn2cccn2)n1. The Balaban J connectivity index is 1.73. The normalized spacial score (nSPS) is 13.0. The lowest BCUT2D eigenvalue weighted by Crippen LogP contribution is -2.30. The second-order valence-corrected chi connectivity index (χ2v) is 5.55. The van der Waals surface area contributed by atoms with Crippen molar-refractivity contribution in [3.05, 3.63) is 30.2 Å². The van der Waals surface area contributed by atoms with Crippen molar-refractivity contribution in [1.82, 2.24) is 25.2 Å². The zero-order valence-corrected chi connectivity index (χ0v) is 12.4. The van der Waals surface area contributed by atoms with Crippen LogP contribution >= 0.6 is 0 Å². The zero-order chi connectivity index (χ0) is 14.4. The molecule has 0 amide bonds. The molecule has 2 rings (SSSR count). The topological polar surface area (TPSA) is 68.8 Å². The molecular weight excluding hydrogens is 254 g/mol. The van der Waals surface area contributed by atoms with Crippen LogP contribution in [-0.2, 0) is 19.5 Å². The van der Waals surface area contributed by atoms with Crippen LogP contribution in [0.15, 0.2) is 23.0 Å². The molecule has 0 aliphatic heterocycles. The van der Waals surface area contributed by atoms with E-state index in [0.717, 1.165) is 25.2 Å². The smallest absolute Gasteiger partial charge is 0.240 e. The fourth-order valence-electron chi connectivity index (χ4n) is 1.90. The highest BCUT2D eigenvalue weighted by Crippen LogP contribution is 2.06. The van der Waals surface area contributed by atoms with Gasteiger partial charge >= 0.3 is 0 Å². The van der Waals surface area contributed by atoms with Gasteiger partial charge < -0.3 is 9.84 Å². The van der Waals surface area contributed by atoms with Crippen molar-refractivity contribution in [3.63, 3.8) is 0 Å². The molecule has 2 heterocycles. The van der Waals surface area contributed by atoms with Gasteiger partial charge in [0, 0.05) is 24.9 Å². The van der Waals surface area contributed by atoms with E-state index in [1.54, 1.807) is 6.20 Å². The van der Waals surface area contributed by atoms with E-state index >= 15 is 0 Å². The summed E-state index contributed by atoms with van der Waals surface area (Å²) in [5.74, 6) is 2.11. The van der Waals surface area contributed by atoms with E-state index in [-0.39, 0.29) is 0 Å². The number of aryl methyl sites for hydroxylation is 1. The first-order chi connectivity index (χ1) is 9.63. The van der Waals surface area contributed by atoms with Crippen LogP contribution in [0, 0.1) is 5.92 Å². The van der Waals surface area contributed by atoms with Crippen LogP contribution in [0.2, 0.25) is 0 Å². The molecule has 0 bridgehead atoms. The minimum absolute atomic E-state index is 0.293. The van der Waals surface area contributed by atoms with Gasteiger partial charge in [-0.1, -0.05) is 19.0 Å². The number of nitrogens with one attached hydrogen (secondary N) is 1. The Morgan fingerprint density at radius 3 is 2.90 bits per heavy atom. The van der Waals surface area contributed by atoms with Crippen molar-refractivity contribution in [2.24, 2.45) is 5.92 Å². The molecule has 0 radical (unpaired) electrons. The van der Waals surface area contributed by atoms with Crippen molar-refractivity contribution in [1.29, 1.82) is 0 Å². The van der Waals surface area contributed by atoms with E-state index in [1.807, 2.05) is 16.9 Å². The maximum Gasteiger partial charge on any atom is 0.240 e. The molecule has 6 heteroatoms. The predicted molar refractivity (Wildman–Crippen MR) is 76.0 cm³/mol. The summed E-state index contributed by atoms with van der Waals surface area (Å²) in [5, 5.41) is 11.5. The molecule has 0 unspecified atom stereocenters. The highest BCUT2D eigenvalue weighted by atomic mass is 16.5. The quantitative estimate of drug-likeness (QED) is 0.799. The first kappa shape index (κ1) is 14.7. The average Bonchev–Trinajstić information content (AvgIpc) is 3.05. The Hall–Kier alpha value is -1.69. The van der Waals surface area contributed by atoms with Gasteiger partial charge in [-0.05, 0) is 25.3 Å². The second-order valence-electron chi connectivity index (χ2n) is 5.55. The average molecular weight is 277 g/mol. The van der Waals surface area contributed by atoms with Gasteiger partial charge in [0.2, 0.25) is 5.89 Å². The van der Waals surface area contributed by atoms with Gasteiger partial charge in [-0.15, -0.1) is 0 Å². The van der Waals surface area contributed by atoms with Crippen molar-refractivity contribution in [2.75, 3.05) is 0 Å². The van der Waals surface area contributed by atoms with Gasteiger partial charge in [0.05, 0.1) is 13.1 Å². The second kappa shape index (κ2) is 7.19. The fraction of sp³-hybridized carbons (Fsp3) is 0.643. The van der Waals surface area contributed by atoms with Gasteiger partial charge in [0.1, 0.15) is 0 Å². The molecule has 2 aromatic heterocycles. The van der Waals surface area contributed by atoms with E-state index in [0.29, 0.717) is 24.4 Å². The summed E-state index contributed by atoms with van der Waals surface area (Å²) in [6, 6.07) is 2.21. The van der Waals surface area contributed by atoms with Crippen LogP contribution in [0.1, 0.15) is 38.9 Å². The Labute approximate surface area is 119 Å². The van der Waals surface area contributed by atoms with Gasteiger partial charge in [-0.3, -0.25) is 4.68 Å². The molecule has 0 saturated heterocycles. The van der Waals surface area contributed by atoms with Gasteiger partial charge in [0.25, 0.3) is 0 Å². The Kier molecular flexibility index (Phi) is 5.29. The molecule has 1 atom stereocenters. The summed E-state index contributed by atoms with van der Waals surface area (Å²) in [5.41, 5.74) is 0. The minimum atomic E-state index is 0.293. The zero-order valence-electron chi connectivity index (χ0n) is 12.4. The molecule has 0 aromatic carbocycles. The Bertz CT molecular complexity index is 491. The Morgan fingerprint density at radius 2 is 2.20 bits per heavy atom. The molecule has 0 aliphatic carbocycles. The summed E-state index contributed by atoms with van der Waals surface area (Å²) in [6.45, 7) is 7.91. The van der Waals surface area contributed by atoms with Crippen LogP contribution in [0.25, 0.3) is 0 Å². The number of nitrogens with zero attached hydrogens (tertiary/aromatic N) is 4. The minimum Gasteiger partial charge on any atom is -0.338 e. The number of hydrogen-bond donors (Lipinski definition) is 1. The monoisotopic (exact) mass is 277 g/mol. The molecule has 6 nitrogen and oxygen atoms in total. The molecule has 0 aliphatic rings. The predicted octanol–water partition coefficient (Wildman–Crippen LogP) is 2.03. The summed E-state index contributed by atoms with van der Waals surface area (Å²) >= 11 is 0. The third-order valence-corrected chi connectivity index (χ3v) is 3.08. The lowest BCUT2D eigenvalue weighted by Gasteiger charge is -2.11. The summed E-state index contributed by atoms with van der Waals surface area (Å²) in [7, 11) is 0.